The predicted octanol–water partition coefficient (Wildman–Crippen LogP) is 1.87. The number of carbonyl (C=O) groups excluding carboxylic acids is 1. The van der Waals surface area contributed by atoms with E-state index in [1.165, 1.54) is 4.31 Å². The number of halogens is 1. The maximum absolute atomic E-state index is 12.5. The first kappa shape index (κ1) is 15.8. The maximum atomic E-state index is 12.5. The van der Waals surface area contributed by atoms with Gasteiger partial charge in [0.25, 0.3) is 0 Å². The molecule has 1 N–H and O–H groups in total. The number of fused-ring (bicyclic) bond motifs is 1. The number of rotatable bonds is 3. The van der Waals surface area contributed by atoms with Crippen LogP contribution in [0.4, 0.5) is 0 Å². The molecular formula is C15H19ClN2O3S. The maximum Gasteiger partial charge on any atom is 0.238 e. The lowest BCUT2D eigenvalue weighted by Crippen LogP contribution is -2.46. The highest BCUT2D eigenvalue weighted by Crippen LogP contribution is 2.33. The Bertz CT molecular complexity index is 705. The summed E-state index contributed by atoms with van der Waals surface area (Å²) in [6.07, 6.45) is 4.17. The molecule has 2 aliphatic rings. The van der Waals surface area contributed by atoms with Crippen molar-refractivity contribution < 1.29 is 13.2 Å². The van der Waals surface area contributed by atoms with Crippen LogP contribution in [-0.2, 0) is 21.2 Å². The molecule has 3 rings (SSSR count). The van der Waals surface area contributed by atoms with E-state index in [1.807, 2.05) is 18.2 Å². The molecule has 1 aliphatic carbocycles. The van der Waals surface area contributed by atoms with Gasteiger partial charge in [0.2, 0.25) is 15.9 Å². The molecule has 0 bridgehead atoms. The Hall–Kier alpha value is -1.11. The summed E-state index contributed by atoms with van der Waals surface area (Å²) < 4.78 is 24.8. The second-order valence-corrected chi connectivity index (χ2v) is 8.35. The summed E-state index contributed by atoms with van der Waals surface area (Å²) in [5, 5.41) is 3.71. The third-order valence-electron chi connectivity index (χ3n) is 4.43. The second kappa shape index (κ2) is 5.83. The third kappa shape index (κ3) is 3.00. The molecule has 2 atom stereocenters. The summed E-state index contributed by atoms with van der Waals surface area (Å²) >= 11 is 5.99. The van der Waals surface area contributed by atoms with Gasteiger partial charge in [-0.05, 0) is 48.9 Å². The van der Waals surface area contributed by atoms with E-state index in [1.54, 1.807) is 0 Å². The van der Waals surface area contributed by atoms with Gasteiger partial charge in [-0.15, -0.1) is 0 Å². The predicted molar refractivity (Wildman–Crippen MR) is 85.2 cm³/mol. The number of amides is 1. The smallest absolute Gasteiger partial charge is 0.238 e. The van der Waals surface area contributed by atoms with Crippen LogP contribution >= 0.6 is 11.6 Å². The van der Waals surface area contributed by atoms with Gasteiger partial charge in [0.1, 0.15) is 6.04 Å². The number of nitrogens with one attached hydrogen (secondary N) is 1. The molecule has 22 heavy (non-hydrogen) atoms. The summed E-state index contributed by atoms with van der Waals surface area (Å²) in [4.78, 5) is 12.5. The standard InChI is InChI=1S/C15H19ClN2O3S/c1-22(20,21)18-8-2-3-14(18)15(19)17-13-7-4-10-9-11(16)5-6-12(10)13/h5-6,9,13-14H,2-4,7-8H2,1H3,(H,17,19)/t13-,14-/m1/s1. The van der Waals surface area contributed by atoms with Crippen LogP contribution in [0, 0.1) is 0 Å². The Labute approximate surface area is 135 Å². The normalized spacial score (nSPS) is 25.2. The Morgan fingerprint density at radius 2 is 2.14 bits per heavy atom. The number of benzene rings is 1. The zero-order valence-corrected chi connectivity index (χ0v) is 14.0. The number of hydrogen-bond donors (Lipinski definition) is 1. The van der Waals surface area contributed by atoms with E-state index < -0.39 is 16.1 Å². The molecule has 1 aliphatic heterocycles. The molecule has 0 aromatic heterocycles. The van der Waals surface area contributed by atoms with Crippen LogP contribution in [0.3, 0.4) is 0 Å². The fourth-order valence-corrected chi connectivity index (χ4v) is 4.72. The van der Waals surface area contributed by atoms with E-state index in [0.717, 1.165) is 36.6 Å². The van der Waals surface area contributed by atoms with Crippen molar-refractivity contribution in [2.24, 2.45) is 0 Å². The number of carbonyl (C=O) groups is 1. The fraction of sp³-hybridized carbons (Fsp3) is 0.533. The molecule has 0 unspecified atom stereocenters. The molecule has 1 aromatic carbocycles. The summed E-state index contributed by atoms with van der Waals surface area (Å²) in [7, 11) is -3.34. The Morgan fingerprint density at radius 1 is 1.36 bits per heavy atom. The number of nitrogens with zero attached hydrogens (tertiary/aromatic N) is 1. The highest BCUT2D eigenvalue weighted by atomic mass is 35.5. The fourth-order valence-electron chi connectivity index (χ4n) is 3.40. The average molecular weight is 343 g/mol. The number of aryl methyl sites for hydroxylation is 1. The largest absolute Gasteiger partial charge is 0.348 e. The van der Waals surface area contributed by atoms with E-state index in [4.69, 9.17) is 11.6 Å². The van der Waals surface area contributed by atoms with Crippen molar-refractivity contribution in [2.75, 3.05) is 12.8 Å². The van der Waals surface area contributed by atoms with E-state index in [-0.39, 0.29) is 11.9 Å². The molecular weight excluding hydrogens is 324 g/mol. The van der Waals surface area contributed by atoms with Crippen LogP contribution in [0.2, 0.25) is 5.02 Å². The SMILES string of the molecule is CS(=O)(=O)N1CCC[C@@H]1C(=O)N[C@@H]1CCc2cc(Cl)ccc21. The van der Waals surface area contributed by atoms with Gasteiger partial charge in [-0.25, -0.2) is 8.42 Å². The van der Waals surface area contributed by atoms with E-state index in [2.05, 4.69) is 5.32 Å². The zero-order chi connectivity index (χ0) is 15.9. The lowest BCUT2D eigenvalue weighted by atomic mass is 10.1. The lowest BCUT2D eigenvalue weighted by molar-refractivity contribution is -0.124. The van der Waals surface area contributed by atoms with Crippen molar-refractivity contribution in [1.82, 2.24) is 9.62 Å². The average Bonchev–Trinajstić information content (AvgIpc) is 3.05. The first-order chi connectivity index (χ1) is 10.4. The minimum atomic E-state index is -3.34. The number of hydrogen-bond acceptors (Lipinski definition) is 3. The van der Waals surface area contributed by atoms with Crippen molar-refractivity contribution in [3.63, 3.8) is 0 Å². The van der Waals surface area contributed by atoms with E-state index >= 15 is 0 Å². The van der Waals surface area contributed by atoms with Crippen molar-refractivity contribution >= 4 is 27.5 Å². The van der Waals surface area contributed by atoms with Gasteiger partial charge in [-0.1, -0.05) is 17.7 Å². The summed E-state index contributed by atoms with van der Waals surface area (Å²) in [5.41, 5.74) is 2.24. The molecule has 1 fully saturated rings. The topological polar surface area (TPSA) is 66.5 Å². The van der Waals surface area contributed by atoms with Crippen molar-refractivity contribution in [3.8, 4) is 0 Å². The van der Waals surface area contributed by atoms with E-state index in [0.29, 0.717) is 18.0 Å². The minimum absolute atomic E-state index is 0.0539. The van der Waals surface area contributed by atoms with Crippen LogP contribution in [0.1, 0.15) is 36.4 Å². The van der Waals surface area contributed by atoms with Crippen LogP contribution in [0.25, 0.3) is 0 Å². The highest BCUT2D eigenvalue weighted by molar-refractivity contribution is 7.88. The molecule has 1 aromatic rings. The molecule has 1 heterocycles. The van der Waals surface area contributed by atoms with Gasteiger partial charge in [-0.2, -0.15) is 4.31 Å². The highest BCUT2D eigenvalue weighted by Gasteiger charge is 2.37. The van der Waals surface area contributed by atoms with Crippen LogP contribution in [-0.4, -0.2) is 37.5 Å². The first-order valence-electron chi connectivity index (χ1n) is 7.42. The monoisotopic (exact) mass is 342 g/mol. The molecule has 1 saturated heterocycles. The quantitative estimate of drug-likeness (QED) is 0.911. The lowest BCUT2D eigenvalue weighted by Gasteiger charge is -2.23. The molecule has 120 valence electrons. The van der Waals surface area contributed by atoms with Gasteiger partial charge < -0.3 is 5.32 Å². The Morgan fingerprint density at radius 3 is 2.86 bits per heavy atom. The molecule has 0 radical (unpaired) electrons. The Balaban J connectivity index is 1.74. The number of sulfonamides is 1. The zero-order valence-electron chi connectivity index (χ0n) is 12.4. The van der Waals surface area contributed by atoms with E-state index in [9.17, 15) is 13.2 Å². The second-order valence-electron chi connectivity index (χ2n) is 5.97. The third-order valence-corrected chi connectivity index (χ3v) is 5.96. The summed E-state index contributed by atoms with van der Waals surface area (Å²) in [6, 6.07) is 5.07. The summed E-state index contributed by atoms with van der Waals surface area (Å²) in [6.45, 7) is 0.424. The molecule has 7 heteroatoms. The Kier molecular flexibility index (Phi) is 4.18. The molecule has 0 saturated carbocycles. The van der Waals surface area contributed by atoms with Gasteiger partial charge >= 0.3 is 0 Å². The van der Waals surface area contributed by atoms with Gasteiger partial charge in [0.15, 0.2) is 0 Å². The molecule has 0 spiro atoms. The van der Waals surface area contributed by atoms with Gasteiger partial charge in [0, 0.05) is 11.6 Å². The first-order valence-corrected chi connectivity index (χ1v) is 9.64. The van der Waals surface area contributed by atoms with Crippen LogP contribution in [0.5, 0.6) is 0 Å². The summed E-state index contributed by atoms with van der Waals surface area (Å²) in [5.74, 6) is -0.198. The molecule has 1 amide bonds. The van der Waals surface area contributed by atoms with Crippen molar-refractivity contribution in [3.05, 3.63) is 34.3 Å². The van der Waals surface area contributed by atoms with Gasteiger partial charge in [0.05, 0.1) is 12.3 Å². The van der Waals surface area contributed by atoms with Crippen LogP contribution < -0.4 is 5.32 Å². The minimum Gasteiger partial charge on any atom is -0.348 e. The van der Waals surface area contributed by atoms with Crippen LogP contribution in [0.15, 0.2) is 18.2 Å². The van der Waals surface area contributed by atoms with Crippen molar-refractivity contribution in [2.45, 2.75) is 37.8 Å². The van der Waals surface area contributed by atoms with Crippen molar-refractivity contribution in [1.29, 1.82) is 0 Å². The van der Waals surface area contributed by atoms with Gasteiger partial charge in [-0.3, -0.25) is 4.79 Å². The molecule has 5 nitrogen and oxygen atoms in total.